The minimum Gasteiger partial charge on any atom is -0.495 e. The van der Waals surface area contributed by atoms with Crippen molar-refractivity contribution in [2.45, 2.75) is 13.0 Å². The van der Waals surface area contributed by atoms with E-state index < -0.39 is 5.82 Å². The first-order valence-electron chi connectivity index (χ1n) is 6.56. The quantitative estimate of drug-likeness (QED) is 0.872. The molecule has 0 aliphatic heterocycles. The fraction of sp³-hybridized carbons (Fsp3) is 0.250. The lowest BCUT2D eigenvalue weighted by Crippen LogP contribution is -2.23. The Hall–Kier alpha value is -2.30. The molecule has 1 atom stereocenters. The molecule has 1 unspecified atom stereocenters. The summed E-state index contributed by atoms with van der Waals surface area (Å²) in [5.41, 5.74) is 6.69. The van der Waals surface area contributed by atoms with Crippen molar-refractivity contribution in [2.75, 3.05) is 24.8 Å². The predicted molar refractivity (Wildman–Crippen MR) is 80.6 cm³/mol. The Morgan fingerprint density at radius 2 is 1.81 bits per heavy atom. The number of hydrogen-bond donors (Lipinski definition) is 1. The number of nitrogens with two attached hydrogens (primary N) is 1. The summed E-state index contributed by atoms with van der Waals surface area (Å²) in [5.74, 6) is -0.405. The summed E-state index contributed by atoms with van der Waals surface area (Å²) in [6.07, 6.45) is 0. The minimum atomic E-state index is -0.473. The highest BCUT2D eigenvalue weighted by molar-refractivity contribution is 5.63. The van der Waals surface area contributed by atoms with Crippen molar-refractivity contribution in [3.8, 4) is 5.75 Å². The maximum Gasteiger partial charge on any atom is 0.148 e. The highest BCUT2D eigenvalue weighted by atomic mass is 19.1. The summed E-state index contributed by atoms with van der Waals surface area (Å²) in [5, 5.41) is 0. The summed E-state index contributed by atoms with van der Waals surface area (Å²) in [7, 11) is 3.17. The van der Waals surface area contributed by atoms with E-state index in [9.17, 15) is 8.78 Å². The van der Waals surface area contributed by atoms with Crippen LogP contribution < -0.4 is 15.4 Å². The van der Waals surface area contributed by atoms with E-state index in [1.54, 1.807) is 37.1 Å². The van der Waals surface area contributed by atoms with Crippen LogP contribution in [-0.4, -0.2) is 14.2 Å². The average Bonchev–Trinajstić information content (AvgIpc) is 2.46. The second kappa shape index (κ2) is 5.99. The molecule has 0 aromatic heterocycles. The molecule has 5 heteroatoms. The molecule has 21 heavy (non-hydrogen) atoms. The monoisotopic (exact) mass is 292 g/mol. The molecule has 2 N–H and O–H groups in total. The van der Waals surface area contributed by atoms with Crippen LogP contribution in [0.3, 0.4) is 0 Å². The van der Waals surface area contributed by atoms with Crippen molar-refractivity contribution in [2.24, 2.45) is 0 Å². The van der Waals surface area contributed by atoms with E-state index in [1.165, 1.54) is 25.3 Å². The number of nitrogens with zero attached hydrogens (tertiary/aromatic N) is 1. The van der Waals surface area contributed by atoms with Crippen LogP contribution in [0.25, 0.3) is 0 Å². The lowest BCUT2D eigenvalue weighted by molar-refractivity contribution is 0.416. The molecule has 2 aromatic carbocycles. The highest BCUT2D eigenvalue weighted by Gasteiger charge is 2.20. The lowest BCUT2D eigenvalue weighted by atomic mass is 10.1. The summed E-state index contributed by atoms with van der Waals surface area (Å²) >= 11 is 0. The van der Waals surface area contributed by atoms with Gasteiger partial charge in [0.25, 0.3) is 0 Å². The van der Waals surface area contributed by atoms with Crippen LogP contribution in [0.15, 0.2) is 36.4 Å². The van der Waals surface area contributed by atoms with E-state index in [4.69, 9.17) is 10.5 Å². The van der Waals surface area contributed by atoms with E-state index in [2.05, 4.69) is 0 Å². The molecular weight excluding hydrogens is 274 g/mol. The van der Waals surface area contributed by atoms with Gasteiger partial charge in [-0.05, 0) is 13.0 Å². The average molecular weight is 292 g/mol. The first-order chi connectivity index (χ1) is 9.95. The number of halogens is 2. The van der Waals surface area contributed by atoms with Crippen molar-refractivity contribution in [1.82, 2.24) is 0 Å². The van der Waals surface area contributed by atoms with Crippen LogP contribution in [0.4, 0.5) is 20.2 Å². The van der Waals surface area contributed by atoms with E-state index >= 15 is 0 Å². The Kier molecular flexibility index (Phi) is 4.31. The van der Waals surface area contributed by atoms with Gasteiger partial charge in [0.05, 0.1) is 24.5 Å². The van der Waals surface area contributed by atoms with Gasteiger partial charge in [0, 0.05) is 24.7 Å². The standard InChI is InChI=1S/C16H18F2N2O/c1-10(11-6-4-5-7-12(11)17)20(2)15-9-16(21-3)14(19)8-13(15)18/h4-10H,19H2,1-3H3. The fourth-order valence-corrected chi connectivity index (χ4v) is 2.24. The molecule has 3 nitrogen and oxygen atoms in total. The number of benzene rings is 2. The van der Waals surface area contributed by atoms with E-state index in [0.717, 1.165) is 0 Å². The zero-order chi connectivity index (χ0) is 15.6. The third-order valence-electron chi connectivity index (χ3n) is 3.62. The molecule has 112 valence electrons. The number of rotatable bonds is 4. The van der Waals surface area contributed by atoms with Crippen LogP contribution in [0, 0.1) is 11.6 Å². The molecule has 2 rings (SSSR count). The number of methoxy groups -OCH3 is 1. The SMILES string of the molecule is COc1cc(N(C)C(C)c2ccccc2F)c(F)cc1N. The summed E-state index contributed by atoms with van der Waals surface area (Å²) in [6.45, 7) is 1.81. The smallest absolute Gasteiger partial charge is 0.148 e. The number of anilines is 2. The van der Waals surface area contributed by atoms with Crippen molar-refractivity contribution >= 4 is 11.4 Å². The van der Waals surface area contributed by atoms with Crippen LogP contribution >= 0.6 is 0 Å². The second-order valence-corrected chi connectivity index (χ2v) is 4.85. The molecule has 0 bridgehead atoms. The van der Waals surface area contributed by atoms with Gasteiger partial charge in [-0.3, -0.25) is 0 Å². The summed E-state index contributed by atoms with van der Waals surface area (Å²) in [6, 6.07) is 8.83. The Morgan fingerprint density at radius 1 is 1.14 bits per heavy atom. The Labute approximate surface area is 122 Å². The van der Waals surface area contributed by atoms with Crippen molar-refractivity contribution in [3.63, 3.8) is 0 Å². The van der Waals surface area contributed by atoms with Crippen LogP contribution in [-0.2, 0) is 0 Å². The normalized spacial score (nSPS) is 12.0. The first-order valence-corrected chi connectivity index (χ1v) is 6.56. The zero-order valence-corrected chi connectivity index (χ0v) is 12.2. The molecule has 0 aliphatic carbocycles. The molecule has 0 amide bonds. The molecule has 0 saturated carbocycles. The molecular formula is C16H18F2N2O. The largest absolute Gasteiger partial charge is 0.495 e. The van der Waals surface area contributed by atoms with E-state index in [0.29, 0.717) is 17.0 Å². The predicted octanol–water partition coefficient (Wildman–Crippen LogP) is 3.75. The van der Waals surface area contributed by atoms with Crippen molar-refractivity contribution < 1.29 is 13.5 Å². The third kappa shape index (κ3) is 2.91. The molecule has 0 heterocycles. The van der Waals surface area contributed by atoms with Crippen LogP contribution in [0.5, 0.6) is 5.75 Å². The first kappa shape index (κ1) is 15.1. The van der Waals surface area contributed by atoms with Crippen LogP contribution in [0.2, 0.25) is 0 Å². The Morgan fingerprint density at radius 3 is 2.43 bits per heavy atom. The molecule has 0 aliphatic rings. The number of nitrogen functional groups attached to an aromatic ring is 1. The minimum absolute atomic E-state index is 0.227. The van der Waals surface area contributed by atoms with Gasteiger partial charge in [-0.1, -0.05) is 18.2 Å². The molecule has 0 spiro atoms. The molecule has 0 fully saturated rings. The highest BCUT2D eigenvalue weighted by Crippen LogP contribution is 2.34. The number of ether oxygens (including phenoxy) is 1. The van der Waals surface area contributed by atoms with E-state index in [1.807, 2.05) is 0 Å². The van der Waals surface area contributed by atoms with Crippen LogP contribution in [0.1, 0.15) is 18.5 Å². The number of hydrogen-bond acceptors (Lipinski definition) is 3. The third-order valence-corrected chi connectivity index (χ3v) is 3.62. The molecule has 0 saturated heterocycles. The van der Waals surface area contributed by atoms with Gasteiger partial charge in [-0.15, -0.1) is 0 Å². The second-order valence-electron chi connectivity index (χ2n) is 4.85. The van der Waals surface area contributed by atoms with Gasteiger partial charge in [0.1, 0.15) is 17.4 Å². The zero-order valence-electron chi connectivity index (χ0n) is 12.2. The Balaban J connectivity index is 2.40. The fourth-order valence-electron chi connectivity index (χ4n) is 2.24. The van der Waals surface area contributed by atoms with Gasteiger partial charge in [0.2, 0.25) is 0 Å². The molecule has 2 aromatic rings. The maximum absolute atomic E-state index is 14.1. The van der Waals surface area contributed by atoms with Gasteiger partial charge in [0.15, 0.2) is 0 Å². The topological polar surface area (TPSA) is 38.5 Å². The van der Waals surface area contributed by atoms with E-state index in [-0.39, 0.29) is 17.5 Å². The van der Waals surface area contributed by atoms with Gasteiger partial charge in [-0.25, -0.2) is 8.78 Å². The van der Waals surface area contributed by atoms with Gasteiger partial charge in [-0.2, -0.15) is 0 Å². The van der Waals surface area contributed by atoms with Crippen molar-refractivity contribution in [3.05, 3.63) is 53.6 Å². The van der Waals surface area contributed by atoms with Gasteiger partial charge < -0.3 is 15.4 Å². The summed E-state index contributed by atoms with van der Waals surface area (Å²) < 4.78 is 33.1. The lowest BCUT2D eigenvalue weighted by Gasteiger charge is -2.28. The molecule has 0 radical (unpaired) electrons. The Bertz CT molecular complexity index is 646. The maximum atomic E-state index is 14.1. The van der Waals surface area contributed by atoms with Gasteiger partial charge >= 0.3 is 0 Å². The summed E-state index contributed by atoms with van der Waals surface area (Å²) in [4.78, 5) is 1.65. The van der Waals surface area contributed by atoms with Crippen molar-refractivity contribution in [1.29, 1.82) is 0 Å².